The van der Waals surface area contributed by atoms with Gasteiger partial charge in [-0.25, -0.2) is 9.97 Å². The Labute approximate surface area is 148 Å². The summed E-state index contributed by atoms with van der Waals surface area (Å²) in [6.45, 7) is 4.01. The van der Waals surface area contributed by atoms with E-state index >= 15 is 0 Å². The van der Waals surface area contributed by atoms with E-state index in [-0.39, 0.29) is 17.5 Å². The molecule has 3 aromatic rings. The van der Waals surface area contributed by atoms with Crippen LogP contribution < -0.4 is 10.1 Å². The van der Waals surface area contributed by atoms with Crippen LogP contribution in [0.25, 0.3) is 11.0 Å². The average Bonchev–Trinajstić information content (AvgIpc) is 2.57. The van der Waals surface area contributed by atoms with Crippen LogP contribution >= 0.6 is 15.9 Å². The molecule has 0 saturated heterocycles. The number of halogens is 1. The first-order valence-corrected chi connectivity index (χ1v) is 8.17. The van der Waals surface area contributed by atoms with Crippen LogP contribution in [-0.4, -0.2) is 23.0 Å². The van der Waals surface area contributed by atoms with E-state index in [0.29, 0.717) is 16.7 Å². The van der Waals surface area contributed by atoms with E-state index in [1.54, 1.807) is 6.07 Å². The topological polar surface area (TPSA) is 64.1 Å². The van der Waals surface area contributed by atoms with Crippen molar-refractivity contribution in [2.24, 2.45) is 0 Å². The van der Waals surface area contributed by atoms with Crippen LogP contribution in [-0.2, 0) is 0 Å². The lowest BCUT2D eigenvalue weighted by Crippen LogP contribution is -2.16. The number of hydrogen-bond acceptors (Lipinski definition) is 4. The molecule has 0 unspecified atom stereocenters. The highest BCUT2D eigenvalue weighted by molar-refractivity contribution is 9.10. The fraction of sp³-hybridized carbons (Fsp3) is 0.167. The molecule has 0 radical (unpaired) electrons. The van der Waals surface area contributed by atoms with Crippen LogP contribution in [0.1, 0.15) is 21.6 Å². The van der Waals surface area contributed by atoms with Crippen molar-refractivity contribution in [2.75, 3.05) is 12.4 Å². The Balaban J connectivity index is 2.05. The summed E-state index contributed by atoms with van der Waals surface area (Å²) in [7, 11) is 1.48. The first-order valence-electron chi connectivity index (χ1n) is 7.38. The number of ether oxygens (including phenoxy) is 1. The Kier molecular flexibility index (Phi) is 4.49. The van der Waals surface area contributed by atoms with Crippen LogP contribution in [0.4, 0.5) is 5.69 Å². The lowest BCUT2D eigenvalue weighted by Gasteiger charge is -2.11. The third kappa shape index (κ3) is 3.10. The van der Waals surface area contributed by atoms with Crippen molar-refractivity contribution >= 4 is 38.6 Å². The van der Waals surface area contributed by atoms with Gasteiger partial charge in [-0.2, -0.15) is 0 Å². The van der Waals surface area contributed by atoms with Crippen LogP contribution in [0.2, 0.25) is 0 Å². The van der Waals surface area contributed by atoms with E-state index < -0.39 is 0 Å². The summed E-state index contributed by atoms with van der Waals surface area (Å²) >= 11 is 3.41. The number of aryl methyl sites for hydroxylation is 2. The van der Waals surface area contributed by atoms with E-state index in [2.05, 4.69) is 31.2 Å². The van der Waals surface area contributed by atoms with Gasteiger partial charge in [0.1, 0.15) is 0 Å². The lowest BCUT2D eigenvalue weighted by molar-refractivity contribution is 0.101. The first kappa shape index (κ1) is 16.4. The van der Waals surface area contributed by atoms with Crippen LogP contribution in [0.5, 0.6) is 5.88 Å². The minimum Gasteiger partial charge on any atom is -0.479 e. The molecule has 0 aliphatic carbocycles. The number of aromatic nitrogens is 2. The summed E-state index contributed by atoms with van der Waals surface area (Å²) in [5.41, 5.74) is 4.39. The number of nitrogens with one attached hydrogen (secondary N) is 1. The van der Waals surface area contributed by atoms with E-state index in [1.165, 1.54) is 7.11 Å². The van der Waals surface area contributed by atoms with Crippen molar-refractivity contribution in [3.05, 3.63) is 57.7 Å². The maximum Gasteiger partial charge on any atom is 0.279 e. The first-order chi connectivity index (χ1) is 11.5. The van der Waals surface area contributed by atoms with Crippen molar-refractivity contribution in [1.29, 1.82) is 0 Å². The second kappa shape index (κ2) is 6.57. The molecule has 1 aromatic heterocycles. The second-order valence-corrected chi connectivity index (χ2v) is 6.29. The summed E-state index contributed by atoms with van der Waals surface area (Å²) in [5.74, 6) is -0.165. The zero-order valence-electron chi connectivity index (χ0n) is 13.6. The highest BCUT2D eigenvalue weighted by Crippen LogP contribution is 2.25. The molecule has 5 nitrogen and oxygen atoms in total. The molecule has 24 heavy (non-hydrogen) atoms. The SMILES string of the molecule is COc1nc2cc(C)c(C)cc2nc1C(=O)Nc1ccccc1Br. The Morgan fingerprint density at radius 2 is 1.71 bits per heavy atom. The van der Waals surface area contributed by atoms with Crippen molar-refractivity contribution in [3.8, 4) is 5.88 Å². The minimum absolute atomic E-state index is 0.156. The number of nitrogens with zero attached hydrogens (tertiary/aromatic N) is 2. The summed E-state index contributed by atoms with van der Waals surface area (Å²) in [6.07, 6.45) is 0. The number of hydrogen-bond donors (Lipinski definition) is 1. The molecule has 1 heterocycles. The molecule has 0 atom stereocenters. The fourth-order valence-electron chi connectivity index (χ4n) is 2.33. The van der Waals surface area contributed by atoms with E-state index in [1.807, 2.05) is 44.2 Å². The Morgan fingerprint density at radius 1 is 1.08 bits per heavy atom. The minimum atomic E-state index is -0.369. The van der Waals surface area contributed by atoms with Crippen molar-refractivity contribution < 1.29 is 9.53 Å². The second-order valence-electron chi connectivity index (χ2n) is 5.44. The molecular formula is C18H16BrN3O2. The Morgan fingerprint density at radius 3 is 2.33 bits per heavy atom. The maximum atomic E-state index is 12.6. The van der Waals surface area contributed by atoms with Gasteiger partial charge in [0.25, 0.3) is 5.91 Å². The molecule has 0 saturated carbocycles. The molecule has 6 heteroatoms. The molecule has 2 aromatic carbocycles. The molecule has 0 spiro atoms. The molecule has 0 bridgehead atoms. The van der Waals surface area contributed by atoms with Gasteiger partial charge in [0.2, 0.25) is 5.88 Å². The number of amides is 1. The van der Waals surface area contributed by atoms with E-state index in [9.17, 15) is 4.79 Å². The van der Waals surface area contributed by atoms with Gasteiger partial charge in [0.05, 0.1) is 23.8 Å². The smallest absolute Gasteiger partial charge is 0.279 e. The third-order valence-electron chi connectivity index (χ3n) is 3.78. The molecular weight excluding hydrogens is 370 g/mol. The molecule has 0 aliphatic heterocycles. The predicted octanol–water partition coefficient (Wildman–Crippen LogP) is 4.27. The lowest BCUT2D eigenvalue weighted by atomic mass is 10.1. The van der Waals surface area contributed by atoms with Gasteiger partial charge in [-0.3, -0.25) is 4.79 Å². The zero-order valence-corrected chi connectivity index (χ0v) is 15.1. The fourth-order valence-corrected chi connectivity index (χ4v) is 2.71. The standard InChI is InChI=1S/C18H16BrN3O2/c1-10-8-14-15(9-11(10)2)22-18(24-3)16(20-14)17(23)21-13-7-5-4-6-12(13)19/h4-9H,1-3H3,(H,21,23). The number of methoxy groups -OCH3 is 1. The molecule has 122 valence electrons. The van der Waals surface area contributed by atoms with Gasteiger partial charge < -0.3 is 10.1 Å². The number of para-hydroxylation sites is 1. The van der Waals surface area contributed by atoms with Gasteiger partial charge >= 0.3 is 0 Å². The normalized spacial score (nSPS) is 10.7. The van der Waals surface area contributed by atoms with Gasteiger partial charge in [-0.1, -0.05) is 12.1 Å². The summed E-state index contributed by atoms with van der Waals surface area (Å²) in [4.78, 5) is 21.5. The number of benzene rings is 2. The highest BCUT2D eigenvalue weighted by atomic mass is 79.9. The van der Waals surface area contributed by atoms with Crippen molar-refractivity contribution in [3.63, 3.8) is 0 Å². The van der Waals surface area contributed by atoms with Gasteiger partial charge in [0, 0.05) is 4.47 Å². The van der Waals surface area contributed by atoms with Crippen LogP contribution in [0.3, 0.4) is 0 Å². The monoisotopic (exact) mass is 385 g/mol. The Hall–Kier alpha value is -2.47. The Bertz CT molecular complexity index is 941. The zero-order chi connectivity index (χ0) is 17.3. The molecule has 1 amide bonds. The van der Waals surface area contributed by atoms with E-state index in [0.717, 1.165) is 15.6 Å². The number of fused-ring (bicyclic) bond motifs is 1. The summed E-state index contributed by atoms with van der Waals surface area (Å²) < 4.78 is 6.06. The van der Waals surface area contributed by atoms with Crippen LogP contribution in [0.15, 0.2) is 40.9 Å². The molecule has 1 N–H and O–H groups in total. The highest BCUT2D eigenvalue weighted by Gasteiger charge is 2.18. The number of rotatable bonds is 3. The van der Waals surface area contributed by atoms with Gasteiger partial charge in [-0.15, -0.1) is 0 Å². The third-order valence-corrected chi connectivity index (χ3v) is 4.47. The van der Waals surface area contributed by atoms with Gasteiger partial charge in [-0.05, 0) is 65.2 Å². The number of anilines is 1. The van der Waals surface area contributed by atoms with Crippen molar-refractivity contribution in [1.82, 2.24) is 9.97 Å². The number of carbonyl (C=O) groups excluding carboxylic acids is 1. The summed E-state index contributed by atoms with van der Waals surface area (Å²) in [6, 6.07) is 11.2. The number of carbonyl (C=O) groups is 1. The van der Waals surface area contributed by atoms with Crippen LogP contribution in [0, 0.1) is 13.8 Å². The molecule has 3 rings (SSSR count). The summed E-state index contributed by atoms with van der Waals surface area (Å²) in [5, 5.41) is 2.82. The maximum absolute atomic E-state index is 12.6. The quantitative estimate of drug-likeness (QED) is 0.730. The largest absolute Gasteiger partial charge is 0.479 e. The molecule has 0 aliphatic rings. The van der Waals surface area contributed by atoms with E-state index in [4.69, 9.17) is 4.74 Å². The predicted molar refractivity (Wildman–Crippen MR) is 97.7 cm³/mol. The average molecular weight is 386 g/mol. The van der Waals surface area contributed by atoms with Gasteiger partial charge in [0.15, 0.2) is 5.69 Å². The molecule has 0 fully saturated rings. The van der Waals surface area contributed by atoms with Crippen molar-refractivity contribution in [2.45, 2.75) is 13.8 Å².